The molecule has 3 fully saturated rings. The topological polar surface area (TPSA) is 151 Å². The quantitative estimate of drug-likeness (QED) is 0.236. The van der Waals surface area contributed by atoms with Crippen molar-refractivity contribution in [1.82, 2.24) is 34.4 Å². The van der Waals surface area contributed by atoms with E-state index < -0.39 is 24.5 Å². The number of aliphatic hydroxyl groups is 2. The molecule has 0 spiro atoms. The van der Waals surface area contributed by atoms with Gasteiger partial charge >= 0.3 is 0 Å². The highest BCUT2D eigenvalue weighted by Crippen LogP contribution is 2.44. The lowest BCUT2D eigenvalue weighted by molar-refractivity contribution is -0.0620. The molecule has 1 aliphatic heterocycles. The van der Waals surface area contributed by atoms with Gasteiger partial charge in [-0.1, -0.05) is 19.4 Å². The van der Waals surface area contributed by atoms with Crippen molar-refractivity contribution < 1.29 is 14.9 Å². The Morgan fingerprint density at radius 1 is 1.17 bits per heavy atom. The number of rotatable bonds is 9. The number of nitrogens with two attached hydrogens (primary N) is 1. The maximum absolute atomic E-state index is 11.0. The zero-order valence-electron chi connectivity index (χ0n) is 24.6. The lowest BCUT2D eigenvalue weighted by Crippen LogP contribution is -2.52. The summed E-state index contributed by atoms with van der Waals surface area (Å²) in [6.45, 7) is 7.27. The third-order valence-corrected chi connectivity index (χ3v) is 10.2. The van der Waals surface area contributed by atoms with E-state index in [1.165, 1.54) is 37.5 Å². The molecule has 1 saturated heterocycles. The lowest BCUT2D eigenvalue weighted by Gasteiger charge is -2.46. The predicted molar refractivity (Wildman–Crippen MR) is 160 cm³/mol. The van der Waals surface area contributed by atoms with E-state index in [9.17, 15) is 10.2 Å². The van der Waals surface area contributed by atoms with Crippen molar-refractivity contribution in [2.24, 2.45) is 5.92 Å². The van der Waals surface area contributed by atoms with Crippen LogP contribution >= 0.6 is 0 Å². The van der Waals surface area contributed by atoms with Crippen LogP contribution in [-0.2, 0) is 16.6 Å². The fourth-order valence-corrected chi connectivity index (χ4v) is 7.25. The van der Waals surface area contributed by atoms with Gasteiger partial charge in [0.1, 0.15) is 36.0 Å². The fourth-order valence-electron chi connectivity index (χ4n) is 7.25. The number of hydrogen-bond acceptors (Lipinski definition) is 9. The summed E-state index contributed by atoms with van der Waals surface area (Å²) >= 11 is 0. The summed E-state index contributed by atoms with van der Waals surface area (Å²) in [5.41, 5.74) is 10.8. The highest BCUT2D eigenvalue weighted by atomic mass is 16.6. The number of nitrogen functional groups attached to an aromatic ring is 1. The lowest BCUT2D eigenvalue weighted by atomic mass is 9.66. The number of aromatic amines is 1. The molecule has 7 rings (SSSR count). The molecule has 4 unspecified atom stereocenters. The summed E-state index contributed by atoms with van der Waals surface area (Å²) in [4.78, 5) is 23.4. The minimum Gasteiger partial charge on any atom is -0.387 e. The number of nitrogens with one attached hydrogen (secondary N) is 1. The fraction of sp³-hybridized carbons (Fsp3) is 0.613. The Kier molecular flexibility index (Phi) is 6.96. The maximum atomic E-state index is 11.0. The molecule has 42 heavy (non-hydrogen) atoms. The third kappa shape index (κ3) is 4.76. The summed E-state index contributed by atoms with van der Waals surface area (Å²) in [6.07, 6.45) is 7.56. The smallest absolute Gasteiger partial charge is 0.167 e. The van der Waals surface area contributed by atoms with E-state index in [-0.39, 0.29) is 11.9 Å². The Labute approximate surface area is 245 Å². The molecule has 4 aromatic rings. The number of imidazole rings is 2. The zero-order chi connectivity index (χ0) is 29.2. The van der Waals surface area contributed by atoms with Gasteiger partial charge in [0.25, 0.3) is 0 Å². The molecule has 4 heterocycles. The molecular formula is C31H42N8O3. The van der Waals surface area contributed by atoms with Crippen LogP contribution in [0.25, 0.3) is 22.2 Å². The second-order valence-corrected chi connectivity index (χ2v) is 13.3. The SMILES string of the molecule is CC(C)N(CC1OC(n2cnc3c(N)ncnc32)C(O)C1O)C1CC(CCc2nc3cc(C4(C)CCC4)ccc3[nH]2)C1. The number of hydrogen-bond donors (Lipinski definition) is 4. The average molecular weight is 575 g/mol. The molecule has 3 aliphatic rings. The molecule has 0 radical (unpaired) electrons. The van der Waals surface area contributed by atoms with Gasteiger partial charge in [0.15, 0.2) is 17.7 Å². The first-order valence-corrected chi connectivity index (χ1v) is 15.4. The monoisotopic (exact) mass is 574 g/mol. The number of aromatic nitrogens is 6. The predicted octanol–water partition coefficient (Wildman–Crippen LogP) is 3.47. The van der Waals surface area contributed by atoms with Gasteiger partial charge in [0.2, 0.25) is 0 Å². The Hall–Kier alpha value is -3.12. The standard InChI is InChI=1S/C31H42N8O3/c1-17(2)38(14-23-26(40)27(41)30(42-23)39-16-35-25-28(32)33-15-34-29(25)39)20-11-18(12-20)5-8-24-36-21-7-6-19(13-22(21)37-24)31(3)9-4-10-31/h6-7,13,15-18,20,23,26-27,30,40-41H,4-5,8-12,14H2,1-3H3,(H,36,37)(H2,32,33,34). The van der Waals surface area contributed by atoms with Crippen molar-refractivity contribution in [3.05, 3.63) is 42.2 Å². The number of benzene rings is 1. The Balaban J connectivity index is 0.954. The summed E-state index contributed by atoms with van der Waals surface area (Å²) in [6, 6.07) is 7.46. The van der Waals surface area contributed by atoms with Gasteiger partial charge in [-0.05, 0) is 75.0 Å². The highest BCUT2D eigenvalue weighted by Gasteiger charge is 2.46. The molecule has 0 bridgehead atoms. The van der Waals surface area contributed by atoms with Gasteiger partial charge in [-0.3, -0.25) is 9.47 Å². The average Bonchev–Trinajstić information content (AvgIpc) is 3.62. The first-order chi connectivity index (χ1) is 20.2. The number of fused-ring (bicyclic) bond motifs is 2. The van der Waals surface area contributed by atoms with E-state index in [2.05, 4.69) is 63.8 Å². The normalized spacial score (nSPS) is 29.0. The number of anilines is 1. The van der Waals surface area contributed by atoms with E-state index in [4.69, 9.17) is 15.5 Å². The second-order valence-electron chi connectivity index (χ2n) is 13.3. The number of aliphatic hydroxyl groups excluding tert-OH is 2. The Morgan fingerprint density at radius 3 is 2.71 bits per heavy atom. The molecule has 2 saturated carbocycles. The molecule has 11 heteroatoms. The van der Waals surface area contributed by atoms with Crippen LogP contribution in [0.15, 0.2) is 30.9 Å². The minimum atomic E-state index is -1.11. The first-order valence-electron chi connectivity index (χ1n) is 15.4. The molecule has 5 N–H and O–H groups in total. The summed E-state index contributed by atoms with van der Waals surface area (Å²) in [5.74, 6) is 1.98. The van der Waals surface area contributed by atoms with E-state index in [1.54, 1.807) is 4.57 Å². The van der Waals surface area contributed by atoms with Crippen LogP contribution in [0.3, 0.4) is 0 Å². The van der Waals surface area contributed by atoms with Gasteiger partial charge < -0.3 is 25.7 Å². The van der Waals surface area contributed by atoms with Crippen LogP contribution < -0.4 is 5.73 Å². The van der Waals surface area contributed by atoms with Gasteiger partial charge in [0.05, 0.1) is 17.4 Å². The van der Waals surface area contributed by atoms with Crippen molar-refractivity contribution in [2.75, 3.05) is 12.3 Å². The van der Waals surface area contributed by atoms with Crippen molar-refractivity contribution >= 4 is 28.0 Å². The van der Waals surface area contributed by atoms with E-state index in [0.29, 0.717) is 35.1 Å². The van der Waals surface area contributed by atoms with Crippen LogP contribution in [0.2, 0.25) is 0 Å². The molecule has 2 aliphatic carbocycles. The summed E-state index contributed by atoms with van der Waals surface area (Å²) in [7, 11) is 0. The van der Waals surface area contributed by atoms with Crippen LogP contribution in [0, 0.1) is 5.92 Å². The highest BCUT2D eigenvalue weighted by molar-refractivity contribution is 5.81. The van der Waals surface area contributed by atoms with Crippen molar-refractivity contribution in [3.8, 4) is 0 Å². The number of ether oxygens (including phenoxy) is 1. The van der Waals surface area contributed by atoms with Crippen molar-refractivity contribution in [2.45, 2.75) is 108 Å². The van der Waals surface area contributed by atoms with Crippen LogP contribution in [0.5, 0.6) is 0 Å². The molecule has 11 nitrogen and oxygen atoms in total. The van der Waals surface area contributed by atoms with E-state index in [1.807, 2.05) is 0 Å². The van der Waals surface area contributed by atoms with Crippen LogP contribution in [-0.4, -0.2) is 81.5 Å². The summed E-state index contributed by atoms with van der Waals surface area (Å²) in [5, 5.41) is 21.9. The Morgan fingerprint density at radius 2 is 1.98 bits per heavy atom. The van der Waals surface area contributed by atoms with Crippen LogP contribution in [0.1, 0.15) is 76.9 Å². The van der Waals surface area contributed by atoms with Gasteiger partial charge in [-0.2, -0.15) is 0 Å². The molecule has 224 valence electrons. The number of H-pyrrole nitrogens is 1. The Bertz CT molecular complexity index is 1570. The molecule has 1 aromatic carbocycles. The van der Waals surface area contributed by atoms with Crippen LogP contribution in [0.4, 0.5) is 5.82 Å². The first kappa shape index (κ1) is 27.7. The van der Waals surface area contributed by atoms with Crippen molar-refractivity contribution in [3.63, 3.8) is 0 Å². The zero-order valence-corrected chi connectivity index (χ0v) is 24.6. The third-order valence-electron chi connectivity index (χ3n) is 10.2. The molecule has 3 aromatic heterocycles. The van der Waals surface area contributed by atoms with Gasteiger partial charge in [-0.25, -0.2) is 19.9 Å². The molecule has 4 atom stereocenters. The summed E-state index contributed by atoms with van der Waals surface area (Å²) < 4.78 is 7.88. The number of aryl methyl sites for hydroxylation is 1. The molecular weight excluding hydrogens is 532 g/mol. The second kappa shape index (κ2) is 10.6. The molecule has 0 amide bonds. The largest absolute Gasteiger partial charge is 0.387 e. The van der Waals surface area contributed by atoms with Crippen molar-refractivity contribution in [1.29, 1.82) is 0 Å². The van der Waals surface area contributed by atoms with E-state index in [0.717, 1.165) is 42.5 Å². The van der Waals surface area contributed by atoms with Gasteiger partial charge in [0, 0.05) is 25.0 Å². The number of nitrogens with zero attached hydrogens (tertiary/aromatic N) is 6. The van der Waals surface area contributed by atoms with E-state index >= 15 is 0 Å². The maximum Gasteiger partial charge on any atom is 0.167 e. The minimum absolute atomic E-state index is 0.265. The van der Waals surface area contributed by atoms with Gasteiger partial charge in [-0.15, -0.1) is 0 Å².